The van der Waals surface area contributed by atoms with E-state index in [-0.39, 0.29) is 11.7 Å². The monoisotopic (exact) mass is 483 g/mol. The number of urea groups is 1. The summed E-state index contributed by atoms with van der Waals surface area (Å²) in [5, 5.41) is 5.40. The second-order valence-corrected chi connectivity index (χ2v) is 8.03. The van der Waals surface area contributed by atoms with Crippen LogP contribution in [0.15, 0.2) is 59.3 Å². The summed E-state index contributed by atoms with van der Waals surface area (Å²) >= 11 is 3.35. The van der Waals surface area contributed by atoms with Crippen molar-refractivity contribution < 1.29 is 9.59 Å². The number of carbonyl (C=O) groups is 2. The number of nitrogens with one attached hydrogen (secondary N) is 2. The van der Waals surface area contributed by atoms with Crippen LogP contribution in [0.1, 0.15) is 10.6 Å². The third-order valence-electron chi connectivity index (χ3n) is 4.95. The predicted octanol–water partition coefficient (Wildman–Crippen LogP) is 3.18. The molecular formula is C21H22BrN7O2. The zero-order chi connectivity index (χ0) is 21.8. The van der Waals surface area contributed by atoms with Crippen LogP contribution in [0.25, 0.3) is 0 Å². The highest BCUT2D eigenvalue weighted by molar-refractivity contribution is 9.10. The fourth-order valence-electron chi connectivity index (χ4n) is 3.36. The fourth-order valence-corrected chi connectivity index (χ4v) is 3.62. The van der Waals surface area contributed by atoms with Gasteiger partial charge < -0.3 is 19.7 Å². The van der Waals surface area contributed by atoms with Crippen LogP contribution >= 0.6 is 15.9 Å². The summed E-state index contributed by atoms with van der Waals surface area (Å²) in [7, 11) is 1.74. The molecule has 0 atom stereocenters. The molecule has 9 nitrogen and oxygen atoms in total. The van der Waals surface area contributed by atoms with Crippen LogP contribution in [-0.4, -0.2) is 57.6 Å². The maximum atomic E-state index is 13.0. The lowest BCUT2D eigenvalue weighted by Crippen LogP contribution is -2.49. The van der Waals surface area contributed by atoms with Gasteiger partial charge in [0, 0.05) is 55.8 Å². The van der Waals surface area contributed by atoms with Crippen molar-refractivity contribution in [2.75, 3.05) is 41.7 Å². The number of hydrogen-bond donors (Lipinski definition) is 2. The highest BCUT2D eigenvalue weighted by Gasteiger charge is 2.26. The van der Waals surface area contributed by atoms with Gasteiger partial charge in [0.1, 0.15) is 5.82 Å². The Kier molecular flexibility index (Phi) is 6.17. The normalized spacial score (nSPS) is 13.7. The van der Waals surface area contributed by atoms with E-state index in [2.05, 4.69) is 41.4 Å². The van der Waals surface area contributed by atoms with Gasteiger partial charge in [-0.3, -0.25) is 10.1 Å². The Morgan fingerprint density at radius 3 is 2.42 bits per heavy atom. The summed E-state index contributed by atoms with van der Waals surface area (Å²) in [6.07, 6.45) is 3.39. The molecule has 1 fully saturated rings. The largest absolute Gasteiger partial charge is 0.353 e. The Morgan fingerprint density at radius 1 is 1.00 bits per heavy atom. The van der Waals surface area contributed by atoms with Gasteiger partial charge in [-0.25, -0.2) is 14.8 Å². The number of aromatic nitrogens is 3. The number of piperazine rings is 1. The quantitative estimate of drug-likeness (QED) is 0.593. The molecule has 2 N–H and O–H groups in total. The SMILES string of the molecule is Cn1cc(NC(=O)Nc2ccc(Br)cc2)nc1C(=O)N1CCN(c2ccccn2)CC1. The molecule has 0 bridgehead atoms. The van der Waals surface area contributed by atoms with E-state index in [4.69, 9.17) is 0 Å². The molecular weight excluding hydrogens is 462 g/mol. The maximum absolute atomic E-state index is 13.0. The molecule has 2 aromatic heterocycles. The number of aryl methyl sites for hydroxylation is 1. The summed E-state index contributed by atoms with van der Waals surface area (Å²) in [5.41, 5.74) is 0.652. The van der Waals surface area contributed by atoms with Gasteiger partial charge >= 0.3 is 6.03 Å². The molecule has 3 heterocycles. The van der Waals surface area contributed by atoms with Gasteiger partial charge in [-0.15, -0.1) is 0 Å². The van der Waals surface area contributed by atoms with Crippen molar-refractivity contribution in [3.63, 3.8) is 0 Å². The van der Waals surface area contributed by atoms with E-state index in [1.807, 2.05) is 30.3 Å². The molecule has 0 aliphatic carbocycles. The zero-order valence-corrected chi connectivity index (χ0v) is 18.5. The molecule has 1 aliphatic rings. The van der Waals surface area contributed by atoms with Crippen molar-refractivity contribution in [3.05, 3.63) is 65.2 Å². The van der Waals surface area contributed by atoms with Crippen LogP contribution in [0.2, 0.25) is 0 Å². The lowest BCUT2D eigenvalue weighted by atomic mass is 10.3. The first kappa shape index (κ1) is 20.9. The molecule has 1 saturated heterocycles. The van der Waals surface area contributed by atoms with E-state index >= 15 is 0 Å². The summed E-state index contributed by atoms with van der Waals surface area (Å²) in [5.74, 6) is 1.34. The number of carbonyl (C=O) groups excluding carboxylic acids is 2. The molecule has 0 unspecified atom stereocenters. The molecule has 1 aromatic carbocycles. The van der Waals surface area contributed by atoms with Crippen LogP contribution in [-0.2, 0) is 7.05 Å². The number of halogens is 1. The van der Waals surface area contributed by atoms with E-state index < -0.39 is 6.03 Å². The smallest absolute Gasteiger partial charge is 0.324 e. The number of anilines is 3. The molecule has 4 rings (SSSR count). The van der Waals surface area contributed by atoms with Gasteiger partial charge in [0.15, 0.2) is 5.82 Å². The second kappa shape index (κ2) is 9.17. The number of pyridine rings is 1. The molecule has 1 aliphatic heterocycles. The topological polar surface area (TPSA) is 95.4 Å². The highest BCUT2D eigenvalue weighted by atomic mass is 79.9. The number of amides is 3. The summed E-state index contributed by atoms with van der Waals surface area (Å²) in [4.78, 5) is 37.8. The summed E-state index contributed by atoms with van der Waals surface area (Å²) in [6, 6.07) is 12.6. The van der Waals surface area contributed by atoms with Crippen LogP contribution < -0.4 is 15.5 Å². The lowest BCUT2D eigenvalue weighted by Gasteiger charge is -2.35. The average Bonchev–Trinajstić information content (AvgIpc) is 3.15. The minimum Gasteiger partial charge on any atom is -0.353 e. The molecule has 0 spiro atoms. The third-order valence-corrected chi connectivity index (χ3v) is 5.48. The molecule has 160 valence electrons. The first-order valence-electron chi connectivity index (χ1n) is 9.82. The minimum atomic E-state index is -0.427. The number of rotatable bonds is 4. The Morgan fingerprint density at radius 2 is 1.74 bits per heavy atom. The maximum Gasteiger partial charge on any atom is 0.324 e. The van der Waals surface area contributed by atoms with E-state index in [0.29, 0.717) is 37.7 Å². The van der Waals surface area contributed by atoms with Crippen molar-refractivity contribution in [2.45, 2.75) is 0 Å². The van der Waals surface area contributed by atoms with Gasteiger partial charge in [-0.1, -0.05) is 22.0 Å². The van der Waals surface area contributed by atoms with E-state index in [0.717, 1.165) is 10.3 Å². The Bertz CT molecular complexity index is 1060. The Balaban J connectivity index is 1.35. The van der Waals surface area contributed by atoms with Crippen LogP contribution in [0.4, 0.5) is 22.1 Å². The molecule has 3 aromatic rings. The van der Waals surface area contributed by atoms with Crippen molar-refractivity contribution >= 4 is 45.2 Å². The van der Waals surface area contributed by atoms with Crippen LogP contribution in [0, 0.1) is 0 Å². The lowest BCUT2D eigenvalue weighted by molar-refractivity contribution is 0.0730. The number of benzene rings is 1. The number of hydrogen-bond acceptors (Lipinski definition) is 5. The first-order chi connectivity index (χ1) is 15.0. The molecule has 0 radical (unpaired) electrons. The predicted molar refractivity (Wildman–Crippen MR) is 122 cm³/mol. The van der Waals surface area contributed by atoms with Gasteiger partial charge in [0.05, 0.1) is 0 Å². The van der Waals surface area contributed by atoms with Crippen LogP contribution in [0.5, 0.6) is 0 Å². The van der Waals surface area contributed by atoms with Crippen molar-refractivity contribution in [3.8, 4) is 0 Å². The van der Waals surface area contributed by atoms with Gasteiger partial charge in [-0.2, -0.15) is 0 Å². The molecule has 0 saturated carbocycles. The Labute approximate surface area is 188 Å². The van der Waals surface area contributed by atoms with E-state index in [1.54, 1.807) is 41.0 Å². The number of nitrogens with zero attached hydrogens (tertiary/aromatic N) is 5. The van der Waals surface area contributed by atoms with Crippen molar-refractivity contribution in [1.29, 1.82) is 0 Å². The number of imidazole rings is 1. The molecule has 31 heavy (non-hydrogen) atoms. The standard InChI is InChI=1S/C21H22BrN7O2/c1-27-14-17(26-21(31)24-16-7-5-15(22)6-8-16)25-19(27)20(30)29-12-10-28(11-13-29)18-4-2-3-9-23-18/h2-9,14H,10-13H2,1H3,(H2,24,26,31). The zero-order valence-electron chi connectivity index (χ0n) is 17.0. The first-order valence-corrected chi connectivity index (χ1v) is 10.6. The average molecular weight is 484 g/mol. The molecule has 3 amide bonds. The Hall–Kier alpha value is -3.40. The summed E-state index contributed by atoms with van der Waals surface area (Å²) in [6.45, 7) is 2.56. The molecule has 10 heteroatoms. The highest BCUT2D eigenvalue weighted by Crippen LogP contribution is 2.17. The third kappa shape index (κ3) is 5.02. The van der Waals surface area contributed by atoms with Crippen molar-refractivity contribution in [2.24, 2.45) is 7.05 Å². The van der Waals surface area contributed by atoms with Gasteiger partial charge in [-0.05, 0) is 36.4 Å². The van der Waals surface area contributed by atoms with Gasteiger partial charge in [0.25, 0.3) is 5.91 Å². The van der Waals surface area contributed by atoms with Gasteiger partial charge in [0.2, 0.25) is 5.82 Å². The summed E-state index contributed by atoms with van der Waals surface area (Å²) < 4.78 is 2.55. The fraction of sp³-hybridized carbons (Fsp3) is 0.238. The van der Waals surface area contributed by atoms with E-state index in [9.17, 15) is 9.59 Å². The minimum absolute atomic E-state index is 0.162. The van der Waals surface area contributed by atoms with E-state index in [1.165, 1.54) is 0 Å². The van der Waals surface area contributed by atoms with Crippen LogP contribution in [0.3, 0.4) is 0 Å². The van der Waals surface area contributed by atoms with Crippen molar-refractivity contribution in [1.82, 2.24) is 19.4 Å². The second-order valence-electron chi connectivity index (χ2n) is 7.11.